The molecule has 1 aliphatic heterocycles. The van der Waals surface area contributed by atoms with Gasteiger partial charge in [0.15, 0.2) is 0 Å². The van der Waals surface area contributed by atoms with Crippen molar-refractivity contribution in [1.29, 1.82) is 0 Å². The van der Waals surface area contributed by atoms with Gasteiger partial charge in [0.1, 0.15) is 11.8 Å². The van der Waals surface area contributed by atoms with Crippen LogP contribution in [0.2, 0.25) is 0 Å². The van der Waals surface area contributed by atoms with E-state index in [0.29, 0.717) is 13.0 Å². The third-order valence-electron chi connectivity index (χ3n) is 3.71. The highest BCUT2D eigenvalue weighted by molar-refractivity contribution is 5.97. The molecule has 1 N–H and O–H groups in total. The number of carbonyl (C=O) groups excluding carboxylic acids is 1. The summed E-state index contributed by atoms with van der Waals surface area (Å²) in [6, 6.07) is 6.70. The number of carboxylic acid groups (broad SMARTS) is 1. The molecule has 0 unspecified atom stereocenters. The second kappa shape index (κ2) is 6.43. The minimum absolute atomic E-state index is 0.242. The molecule has 1 aromatic rings. The van der Waals surface area contributed by atoms with Crippen LogP contribution in [0.1, 0.15) is 25.3 Å². The van der Waals surface area contributed by atoms with Crippen LogP contribution in [0.15, 0.2) is 30.3 Å². The van der Waals surface area contributed by atoms with Gasteiger partial charge in [-0.2, -0.15) is 0 Å². The number of hydrogen-bond donors (Lipinski definition) is 1. The molecular formula is C16H19NO4. The van der Waals surface area contributed by atoms with E-state index in [1.807, 2.05) is 31.2 Å². The second-order valence-corrected chi connectivity index (χ2v) is 5.08. The summed E-state index contributed by atoms with van der Waals surface area (Å²) < 4.78 is 5.09. The minimum atomic E-state index is -0.934. The molecule has 0 spiro atoms. The van der Waals surface area contributed by atoms with Crippen LogP contribution < -0.4 is 4.74 Å². The van der Waals surface area contributed by atoms with Gasteiger partial charge in [-0.05, 0) is 43.0 Å². The normalized spacial score (nSPS) is 18.7. The van der Waals surface area contributed by atoms with Crippen LogP contribution in [0, 0.1) is 0 Å². The summed E-state index contributed by atoms with van der Waals surface area (Å²) in [5.41, 5.74) is 1.72. The zero-order chi connectivity index (χ0) is 15.4. The molecule has 1 heterocycles. The Morgan fingerprint density at radius 1 is 1.33 bits per heavy atom. The molecule has 1 amide bonds. The minimum Gasteiger partial charge on any atom is -0.497 e. The van der Waals surface area contributed by atoms with Crippen molar-refractivity contribution in [2.24, 2.45) is 0 Å². The van der Waals surface area contributed by atoms with Crippen molar-refractivity contribution in [2.45, 2.75) is 25.8 Å². The van der Waals surface area contributed by atoms with E-state index in [2.05, 4.69) is 0 Å². The van der Waals surface area contributed by atoms with Gasteiger partial charge in [0.25, 0.3) is 0 Å². The zero-order valence-corrected chi connectivity index (χ0v) is 12.2. The van der Waals surface area contributed by atoms with Gasteiger partial charge >= 0.3 is 5.97 Å². The number of amides is 1. The van der Waals surface area contributed by atoms with Gasteiger partial charge in [0, 0.05) is 12.6 Å². The molecule has 1 saturated heterocycles. The summed E-state index contributed by atoms with van der Waals surface area (Å²) in [5, 5.41) is 9.11. The van der Waals surface area contributed by atoms with Crippen molar-refractivity contribution < 1.29 is 19.4 Å². The first-order valence-corrected chi connectivity index (χ1v) is 6.89. The topological polar surface area (TPSA) is 66.8 Å². The van der Waals surface area contributed by atoms with E-state index < -0.39 is 12.0 Å². The standard InChI is InChI=1S/C16H19NO4/c1-11(12-5-7-13(21-2)8-6-12)10-15(18)17-9-3-4-14(17)16(19)20/h5-8,10,14H,3-4,9H2,1-2H3,(H,19,20)/b11-10+/t14-/m1/s1. The summed E-state index contributed by atoms with van der Waals surface area (Å²) >= 11 is 0. The summed E-state index contributed by atoms with van der Waals surface area (Å²) in [7, 11) is 1.60. The lowest BCUT2D eigenvalue weighted by Gasteiger charge is -2.20. The van der Waals surface area contributed by atoms with E-state index in [9.17, 15) is 9.59 Å². The molecule has 112 valence electrons. The van der Waals surface area contributed by atoms with Crippen LogP contribution in [0.3, 0.4) is 0 Å². The van der Waals surface area contributed by atoms with Crippen molar-refractivity contribution in [3.8, 4) is 5.75 Å². The Kier molecular flexibility index (Phi) is 4.62. The quantitative estimate of drug-likeness (QED) is 0.863. The highest BCUT2D eigenvalue weighted by atomic mass is 16.5. The van der Waals surface area contributed by atoms with Crippen molar-refractivity contribution in [1.82, 2.24) is 4.90 Å². The summed E-state index contributed by atoms with van der Waals surface area (Å²) in [6.07, 6.45) is 2.76. The summed E-state index contributed by atoms with van der Waals surface area (Å²) in [4.78, 5) is 24.8. The average molecular weight is 289 g/mol. The van der Waals surface area contributed by atoms with Crippen molar-refractivity contribution in [2.75, 3.05) is 13.7 Å². The van der Waals surface area contributed by atoms with E-state index in [-0.39, 0.29) is 5.91 Å². The van der Waals surface area contributed by atoms with Crippen LogP contribution in [-0.2, 0) is 9.59 Å². The van der Waals surface area contributed by atoms with Crippen LogP contribution in [-0.4, -0.2) is 41.6 Å². The van der Waals surface area contributed by atoms with Gasteiger partial charge < -0.3 is 14.7 Å². The predicted octanol–water partition coefficient (Wildman–Crippen LogP) is 2.17. The first-order valence-electron chi connectivity index (χ1n) is 6.89. The Bertz CT molecular complexity index is 562. The lowest BCUT2D eigenvalue weighted by molar-refractivity contribution is -0.146. The van der Waals surface area contributed by atoms with Gasteiger partial charge in [0.2, 0.25) is 5.91 Å². The van der Waals surface area contributed by atoms with E-state index in [1.165, 1.54) is 11.0 Å². The number of carbonyl (C=O) groups is 2. The summed E-state index contributed by atoms with van der Waals surface area (Å²) in [5.74, 6) is -0.423. The smallest absolute Gasteiger partial charge is 0.326 e. The Balaban J connectivity index is 2.13. The fraction of sp³-hybridized carbons (Fsp3) is 0.375. The van der Waals surface area contributed by atoms with Gasteiger partial charge in [-0.1, -0.05) is 12.1 Å². The molecule has 0 saturated carbocycles. The third kappa shape index (κ3) is 3.42. The average Bonchev–Trinajstić information content (AvgIpc) is 2.97. The van der Waals surface area contributed by atoms with E-state index in [0.717, 1.165) is 23.3 Å². The number of methoxy groups -OCH3 is 1. The Morgan fingerprint density at radius 3 is 2.57 bits per heavy atom. The van der Waals surface area contributed by atoms with E-state index in [4.69, 9.17) is 9.84 Å². The van der Waals surface area contributed by atoms with Crippen molar-refractivity contribution in [3.63, 3.8) is 0 Å². The molecule has 1 fully saturated rings. The molecule has 0 bridgehead atoms. The summed E-state index contributed by atoms with van der Waals surface area (Å²) in [6.45, 7) is 2.34. The maximum Gasteiger partial charge on any atom is 0.326 e. The lowest BCUT2D eigenvalue weighted by Crippen LogP contribution is -2.39. The molecule has 5 heteroatoms. The Labute approximate surface area is 123 Å². The van der Waals surface area contributed by atoms with Crippen LogP contribution in [0.4, 0.5) is 0 Å². The molecule has 1 aromatic carbocycles. The highest BCUT2D eigenvalue weighted by Gasteiger charge is 2.32. The lowest BCUT2D eigenvalue weighted by atomic mass is 10.1. The van der Waals surface area contributed by atoms with Gasteiger partial charge in [-0.15, -0.1) is 0 Å². The first-order chi connectivity index (χ1) is 10.0. The monoisotopic (exact) mass is 289 g/mol. The zero-order valence-electron chi connectivity index (χ0n) is 12.2. The maximum absolute atomic E-state index is 12.2. The molecule has 5 nitrogen and oxygen atoms in total. The largest absolute Gasteiger partial charge is 0.497 e. The number of aliphatic carboxylic acids is 1. The fourth-order valence-electron chi connectivity index (χ4n) is 2.49. The fourth-order valence-corrected chi connectivity index (χ4v) is 2.49. The number of hydrogen-bond acceptors (Lipinski definition) is 3. The van der Waals surface area contributed by atoms with Crippen LogP contribution >= 0.6 is 0 Å². The molecule has 1 aliphatic rings. The molecular weight excluding hydrogens is 270 g/mol. The number of allylic oxidation sites excluding steroid dienone is 1. The Morgan fingerprint density at radius 2 is 2.00 bits per heavy atom. The van der Waals surface area contributed by atoms with Gasteiger partial charge in [-0.3, -0.25) is 4.79 Å². The van der Waals surface area contributed by atoms with Crippen molar-refractivity contribution >= 4 is 17.4 Å². The highest BCUT2D eigenvalue weighted by Crippen LogP contribution is 2.21. The first kappa shape index (κ1) is 15.1. The number of likely N-dealkylation sites (tertiary alicyclic amines) is 1. The number of carboxylic acids is 1. The molecule has 1 atom stereocenters. The van der Waals surface area contributed by atoms with E-state index in [1.54, 1.807) is 7.11 Å². The second-order valence-electron chi connectivity index (χ2n) is 5.08. The molecule has 0 aliphatic carbocycles. The number of nitrogens with zero attached hydrogens (tertiary/aromatic N) is 1. The molecule has 0 radical (unpaired) electrons. The van der Waals surface area contributed by atoms with Gasteiger partial charge in [-0.25, -0.2) is 4.79 Å². The van der Waals surface area contributed by atoms with Crippen molar-refractivity contribution in [3.05, 3.63) is 35.9 Å². The number of ether oxygens (including phenoxy) is 1. The number of rotatable bonds is 4. The molecule has 0 aromatic heterocycles. The van der Waals surface area contributed by atoms with Crippen LogP contribution in [0.5, 0.6) is 5.75 Å². The molecule has 2 rings (SSSR count). The number of benzene rings is 1. The predicted molar refractivity (Wildman–Crippen MR) is 79.0 cm³/mol. The van der Waals surface area contributed by atoms with E-state index >= 15 is 0 Å². The molecule has 21 heavy (non-hydrogen) atoms. The van der Waals surface area contributed by atoms with Gasteiger partial charge in [0.05, 0.1) is 7.11 Å². The van der Waals surface area contributed by atoms with Crippen LogP contribution in [0.25, 0.3) is 5.57 Å². The SMILES string of the molecule is COc1ccc(/C(C)=C/C(=O)N2CCC[C@@H]2C(=O)O)cc1. The third-order valence-corrected chi connectivity index (χ3v) is 3.71. The Hall–Kier alpha value is -2.30. The maximum atomic E-state index is 12.2.